The van der Waals surface area contributed by atoms with E-state index in [0.29, 0.717) is 27.6 Å². The number of ether oxygens (including phenoxy) is 1. The quantitative estimate of drug-likeness (QED) is 0.563. The second-order valence-electron chi connectivity index (χ2n) is 5.17. The molecule has 1 amide bonds. The van der Waals surface area contributed by atoms with Crippen molar-refractivity contribution >= 4 is 40.0 Å². The lowest BCUT2D eigenvalue weighted by Gasteiger charge is -2.07. The van der Waals surface area contributed by atoms with E-state index >= 15 is 0 Å². The van der Waals surface area contributed by atoms with Gasteiger partial charge in [0.15, 0.2) is 0 Å². The first kappa shape index (κ1) is 18.3. The minimum atomic E-state index is -0.487. The van der Waals surface area contributed by atoms with Crippen molar-refractivity contribution in [1.29, 1.82) is 0 Å². The first-order valence-electron chi connectivity index (χ1n) is 7.91. The van der Waals surface area contributed by atoms with E-state index in [1.54, 1.807) is 30.7 Å². The maximum atomic E-state index is 12.4. The van der Waals surface area contributed by atoms with E-state index in [1.807, 2.05) is 12.1 Å². The van der Waals surface area contributed by atoms with Crippen LogP contribution in [0.4, 0.5) is 5.00 Å². The van der Waals surface area contributed by atoms with E-state index in [1.165, 1.54) is 29.4 Å². The minimum Gasteiger partial charge on any atom is -0.468 e. The van der Waals surface area contributed by atoms with Gasteiger partial charge in [-0.3, -0.25) is 4.79 Å². The third-order valence-corrected chi connectivity index (χ3v) is 5.22. The van der Waals surface area contributed by atoms with Crippen molar-refractivity contribution in [2.45, 2.75) is 12.7 Å². The summed E-state index contributed by atoms with van der Waals surface area (Å²) in [6.45, 7) is 1.99. The molecule has 3 heterocycles. The molecule has 3 aromatic heterocycles. The van der Waals surface area contributed by atoms with Gasteiger partial charge in [0.1, 0.15) is 22.1 Å². The Labute approximate surface area is 158 Å². The predicted octanol–water partition coefficient (Wildman–Crippen LogP) is 4.65. The number of furan rings is 2. The van der Waals surface area contributed by atoms with Crippen LogP contribution in [0.2, 0.25) is 0 Å². The van der Waals surface area contributed by atoms with Crippen molar-refractivity contribution in [3.63, 3.8) is 0 Å². The Morgan fingerprint density at radius 2 is 2.04 bits per heavy atom. The van der Waals surface area contributed by atoms with Gasteiger partial charge in [0.25, 0.3) is 0 Å². The first-order valence-corrected chi connectivity index (χ1v) is 9.95. The van der Waals surface area contributed by atoms with Gasteiger partial charge in [-0.2, -0.15) is 0 Å². The van der Waals surface area contributed by atoms with Crippen LogP contribution in [-0.4, -0.2) is 24.2 Å². The van der Waals surface area contributed by atoms with Crippen LogP contribution in [0.3, 0.4) is 0 Å². The highest BCUT2D eigenvalue weighted by Crippen LogP contribution is 2.36. The van der Waals surface area contributed by atoms with Crippen molar-refractivity contribution < 1.29 is 23.2 Å². The number of hydrogen-bond donors (Lipinski definition) is 1. The number of hydrogen-bond acceptors (Lipinski definition) is 7. The lowest BCUT2D eigenvalue weighted by atomic mass is 10.1. The van der Waals surface area contributed by atoms with Gasteiger partial charge in [-0.05, 0) is 31.2 Å². The molecule has 0 saturated carbocycles. The third-order valence-electron chi connectivity index (χ3n) is 3.37. The van der Waals surface area contributed by atoms with Crippen LogP contribution in [0.25, 0.3) is 11.3 Å². The Hall–Kier alpha value is -2.45. The zero-order valence-electron chi connectivity index (χ0n) is 14.0. The molecule has 0 aromatic carbocycles. The van der Waals surface area contributed by atoms with Crippen LogP contribution in [0.5, 0.6) is 0 Å². The standard InChI is InChI=1S/C18H17NO5S2/c1-2-22-18(21)16-13(14-6-4-8-24-14)10-26-17(16)19-15(20)11-25-9-12-5-3-7-23-12/h3-8,10H,2,9,11H2,1H3,(H,19,20). The van der Waals surface area contributed by atoms with Crippen LogP contribution in [-0.2, 0) is 15.3 Å². The van der Waals surface area contributed by atoms with Crippen molar-refractivity contribution in [2.24, 2.45) is 0 Å². The van der Waals surface area contributed by atoms with Gasteiger partial charge in [0.05, 0.1) is 30.6 Å². The fourth-order valence-corrected chi connectivity index (χ4v) is 3.95. The Morgan fingerprint density at radius 3 is 2.73 bits per heavy atom. The van der Waals surface area contributed by atoms with Crippen molar-refractivity contribution in [2.75, 3.05) is 17.7 Å². The molecule has 0 aliphatic rings. The smallest absolute Gasteiger partial charge is 0.341 e. The first-order chi connectivity index (χ1) is 12.7. The molecule has 26 heavy (non-hydrogen) atoms. The summed E-state index contributed by atoms with van der Waals surface area (Å²) in [5, 5.41) is 5.03. The molecule has 3 rings (SSSR count). The maximum Gasteiger partial charge on any atom is 0.341 e. The Balaban J connectivity index is 1.70. The van der Waals surface area contributed by atoms with Crippen molar-refractivity contribution in [3.8, 4) is 11.3 Å². The molecule has 0 spiro atoms. The molecule has 6 nitrogen and oxygen atoms in total. The molecule has 1 N–H and O–H groups in total. The second kappa shape index (κ2) is 8.77. The van der Waals surface area contributed by atoms with Gasteiger partial charge in [0.2, 0.25) is 5.91 Å². The lowest BCUT2D eigenvalue weighted by molar-refractivity contribution is -0.113. The molecule has 0 unspecified atom stereocenters. The minimum absolute atomic E-state index is 0.194. The highest BCUT2D eigenvalue weighted by atomic mass is 32.2. The summed E-state index contributed by atoms with van der Waals surface area (Å²) in [6.07, 6.45) is 3.13. The van der Waals surface area contributed by atoms with Gasteiger partial charge < -0.3 is 18.9 Å². The summed E-state index contributed by atoms with van der Waals surface area (Å²) in [5.74, 6) is 1.53. The number of rotatable bonds is 8. The van der Waals surface area contributed by atoms with E-state index in [9.17, 15) is 9.59 Å². The molecule has 0 aliphatic carbocycles. The van der Waals surface area contributed by atoms with E-state index < -0.39 is 5.97 Å². The number of thiophene rings is 1. The SMILES string of the molecule is CCOC(=O)c1c(-c2ccco2)csc1NC(=O)CSCc1ccco1. The van der Waals surface area contributed by atoms with E-state index in [2.05, 4.69) is 5.32 Å². The fourth-order valence-electron chi connectivity index (χ4n) is 2.27. The Kier molecular flexibility index (Phi) is 6.19. The molecular formula is C18H17NO5S2. The van der Waals surface area contributed by atoms with E-state index in [-0.39, 0.29) is 18.3 Å². The third kappa shape index (κ3) is 4.39. The molecule has 0 fully saturated rings. The van der Waals surface area contributed by atoms with Crippen LogP contribution >= 0.6 is 23.1 Å². The molecule has 0 aliphatic heterocycles. The molecule has 136 valence electrons. The van der Waals surface area contributed by atoms with Crippen LogP contribution in [0.1, 0.15) is 23.0 Å². The van der Waals surface area contributed by atoms with Gasteiger partial charge >= 0.3 is 5.97 Å². The predicted molar refractivity (Wildman–Crippen MR) is 101 cm³/mol. The summed E-state index contributed by atoms with van der Waals surface area (Å²) in [4.78, 5) is 24.6. The van der Waals surface area contributed by atoms with Gasteiger partial charge in [0, 0.05) is 10.9 Å². The van der Waals surface area contributed by atoms with Crippen LogP contribution < -0.4 is 5.32 Å². The largest absolute Gasteiger partial charge is 0.468 e. The number of esters is 1. The van der Waals surface area contributed by atoms with Crippen LogP contribution in [0.15, 0.2) is 51.0 Å². The molecule has 0 atom stereocenters. The van der Waals surface area contributed by atoms with E-state index in [0.717, 1.165) is 5.76 Å². The Bertz CT molecular complexity index is 852. The number of carbonyl (C=O) groups is 2. The molecule has 0 saturated heterocycles. The van der Waals surface area contributed by atoms with E-state index in [4.69, 9.17) is 13.6 Å². The highest BCUT2D eigenvalue weighted by molar-refractivity contribution is 7.99. The zero-order valence-corrected chi connectivity index (χ0v) is 15.7. The average molecular weight is 391 g/mol. The lowest BCUT2D eigenvalue weighted by Crippen LogP contribution is -2.16. The number of nitrogens with one attached hydrogen (secondary N) is 1. The van der Waals surface area contributed by atoms with Crippen LogP contribution in [0, 0.1) is 0 Å². The van der Waals surface area contributed by atoms with Gasteiger partial charge in [-0.15, -0.1) is 23.1 Å². The van der Waals surface area contributed by atoms with Crippen molar-refractivity contribution in [1.82, 2.24) is 0 Å². The fraction of sp³-hybridized carbons (Fsp3) is 0.222. The molecule has 0 bridgehead atoms. The molecule has 3 aromatic rings. The molecule has 0 radical (unpaired) electrons. The average Bonchev–Trinajstić information content (AvgIpc) is 3.36. The number of carbonyl (C=O) groups excluding carboxylic acids is 2. The second-order valence-corrected chi connectivity index (χ2v) is 7.04. The normalized spacial score (nSPS) is 10.7. The molecular weight excluding hydrogens is 374 g/mol. The zero-order chi connectivity index (χ0) is 18.4. The Morgan fingerprint density at radius 1 is 1.23 bits per heavy atom. The van der Waals surface area contributed by atoms with Gasteiger partial charge in [-0.25, -0.2) is 4.79 Å². The highest BCUT2D eigenvalue weighted by Gasteiger charge is 2.24. The molecule has 8 heteroatoms. The maximum absolute atomic E-state index is 12.4. The number of thioether (sulfide) groups is 1. The summed E-state index contributed by atoms with van der Waals surface area (Å²) in [5.41, 5.74) is 0.924. The topological polar surface area (TPSA) is 81.7 Å². The van der Waals surface area contributed by atoms with Crippen molar-refractivity contribution in [3.05, 3.63) is 53.5 Å². The summed E-state index contributed by atoms with van der Waals surface area (Å²) in [6, 6.07) is 7.17. The number of amides is 1. The summed E-state index contributed by atoms with van der Waals surface area (Å²) >= 11 is 2.70. The number of anilines is 1. The summed E-state index contributed by atoms with van der Waals surface area (Å²) < 4.78 is 15.8. The van der Waals surface area contributed by atoms with Gasteiger partial charge in [-0.1, -0.05) is 0 Å². The monoisotopic (exact) mass is 391 g/mol. The summed E-state index contributed by atoms with van der Waals surface area (Å²) in [7, 11) is 0.